The van der Waals surface area contributed by atoms with Gasteiger partial charge in [0.05, 0.1) is 17.0 Å². The lowest BCUT2D eigenvalue weighted by molar-refractivity contribution is -0.621. The van der Waals surface area contributed by atoms with Crippen LogP contribution < -0.4 is 0 Å². The monoisotopic (exact) mass is 495 g/mol. The Kier molecular flexibility index (Phi) is 6.77. The second-order valence-electron chi connectivity index (χ2n) is 9.86. The van der Waals surface area contributed by atoms with Gasteiger partial charge in [-0.2, -0.15) is 26.3 Å². The lowest BCUT2D eigenvalue weighted by Gasteiger charge is -2.39. The van der Waals surface area contributed by atoms with Gasteiger partial charge in [0.15, 0.2) is 18.3 Å². The number of alkyl halides is 6. The van der Waals surface area contributed by atoms with Gasteiger partial charge < -0.3 is 4.90 Å². The van der Waals surface area contributed by atoms with E-state index in [0.717, 1.165) is 67.0 Å². The molecule has 0 saturated carbocycles. The van der Waals surface area contributed by atoms with Crippen LogP contribution in [0.5, 0.6) is 0 Å². The van der Waals surface area contributed by atoms with Crippen LogP contribution in [0.3, 0.4) is 0 Å². The number of hydrogen-bond donors (Lipinski definition) is 0. The van der Waals surface area contributed by atoms with Crippen molar-refractivity contribution in [2.75, 3.05) is 13.1 Å². The summed E-state index contributed by atoms with van der Waals surface area (Å²) in [6.07, 6.45) is -1.94. The lowest BCUT2D eigenvalue weighted by Crippen LogP contribution is -2.50. The van der Waals surface area contributed by atoms with Gasteiger partial charge in [-0.3, -0.25) is 0 Å². The molecule has 2 nitrogen and oxygen atoms in total. The van der Waals surface area contributed by atoms with Gasteiger partial charge >= 0.3 is 12.4 Å². The summed E-state index contributed by atoms with van der Waals surface area (Å²) in [6.45, 7) is 6.49. The van der Waals surface area contributed by atoms with Crippen LogP contribution in [0.15, 0.2) is 60.3 Å². The highest BCUT2D eigenvalue weighted by atomic mass is 19.4. The summed E-state index contributed by atoms with van der Waals surface area (Å²) in [5.74, 6) is -0.00298. The quantitative estimate of drug-likeness (QED) is 0.322. The molecule has 8 heteroatoms. The summed E-state index contributed by atoms with van der Waals surface area (Å²) in [6, 6.07) is 10.5. The Morgan fingerprint density at radius 2 is 1.29 bits per heavy atom. The summed E-state index contributed by atoms with van der Waals surface area (Å²) in [4.78, 5) is 2.35. The molecule has 0 spiro atoms. The van der Waals surface area contributed by atoms with E-state index in [1.165, 1.54) is 12.1 Å². The first-order valence-corrected chi connectivity index (χ1v) is 11.7. The minimum atomic E-state index is -4.38. The van der Waals surface area contributed by atoms with E-state index >= 15 is 0 Å². The highest BCUT2D eigenvalue weighted by molar-refractivity contribution is 5.69. The molecule has 2 aliphatic rings. The van der Waals surface area contributed by atoms with Crippen LogP contribution in [0.2, 0.25) is 0 Å². The van der Waals surface area contributed by atoms with Crippen molar-refractivity contribution in [1.82, 2.24) is 4.90 Å². The topological polar surface area (TPSA) is 6.25 Å². The SMILES string of the molecule is CC1(C)C(Cc2ccc(C(F)(F)F)cc2)C(N2CCCC2)=CC=[N+]1Cc1ccc(C(F)(F)F)cc1. The third kappa shape index (κ3) is 5.57. The molecule has 1 saturated heterocycles. The van der Waals surface area contributed by atoms with Crippen LogP contribution in [0.25, 0.3) is 0 Å². The molecule has 0 bridgehead atoms. The molecule has 0 N–H and O–H groups in total. The summed E-state index contributed by atoms with van der Waals surface area (Å²) in [5, 5.41) is 0. The van der Waals surface area contributed by atoms with E-state index in [2.05, 4.69) is 29.4 Å². The predicted molar refractivity (Wildman–Crippen MR) is 123 cm³/mol. The van der Waals surface area contributed by atoms with Gasteiger partial charge in [0.25, 0.3) is 0 Å². The number of hydrogen-bond acceptors (Lipinski definition) is 1. The van der Waals surface area contributed by atoms with Gasteiger partial charge in [-0.1, -0.05) is 24.3 Å². The minimum Gasteiger partial charge on any atom is -0.374 e. The van der Waals surface area contributed by atoms with Gasteiger partial charge in [-0.05, 0) is 49.1 Å². The van der Waals surface area contributed by atoms with E-state index in [4.69, 9.17) is 0 Å². The van der Waals surface area contributed by atoms with Gasteiger partial charge in [0.2, 0.25) is 0 Å². The van der Waals surface area contributed by atoms with Crippen molar-refractivity contribution >= 4 is 6.21 Å². The molecule has 0 radical (unpaired) electrons. The van der Waals surface area contributed by atoms with E-state index in [-0.39, 0.29) is 5.92 Å². The highest BCUT2D eigenvalue weighted by Gasteiger charge is 2.45. The molecule has 0 amide bonds. The number of benzene rings is 2. The van der Waals surface area contributed by atoms with Crippen molar-refractivity contribution < 1.29 is 30.9 Å². The Morgan fingerprint density at radius 1 is 0.800 bits per heavy atom. The van der Waals surface area contributed by atoms with Crippen molar-refractivity contribution in [2.24, 2.45) is 5.92 Å². The molecular formula is C27H29F6N2+. The first-order chi connectivity index (χ1) is 16.4. The molecule has 2 aromatic carbocycles. The molecule has 35 heavy (non-hydrogen) atoms. The van der Waals surface area contributed by atoms with Crippen molar-refractivity contribution in [3.63, 3.8) is 0 Å². The van der Waals surface area contributed by atoms with Crippen LogP contribution in [0.4, 0.5) is 26.3 Å². The number of likely N-dealkylation sites (tertiary alicyclic amines) is 1. The molecule has 1 unspecified atom stereocenters. The Labute approximate surface area is 201 Å². The van der Waals surface area contributed by atoms with Crippen molar-refractivity contribution in [1.29, 1.82) is 0 Å². The van der Waals surface area contributed by atoms with Gasteiger partial charge in [-0.25, -0.2) is 4.58 Å². The van der Waals surface area contributed by atoms with Crippen molar-refractivity contribution in [3.05, 3.63) is 82.6 Å². The maximum absolute atomic E-state index is 13.0. The van der Waals surface area contributed by atoms with Crippen molar-refractivity contribution in [3.8, 4) is 0 Å². The molecule has 188 valence electrons. The number of nitrogens with zero attached hydrogens (tertiary/aromatic N) is 2. The van der Waals surface area contributed by atoms with Crippen LogP contribution in [-0.4, -0.2) is 34.3 Å². The summed E-state index contributed by atoms with van der Waals surface area (Å²) in [5.41, 5.74) is 0.969. The Balaban J connectivity index is 1.62. The molecule has 4 rings (SSSR count). The van der Waals surface area contributed by atoms with Gasteiger partial charge in [-0.15, -0.1) is 0 Å². The van der Waals surface area contributed by atoms with Crippen molar-refractivity contribution in [2.45, 2.75) is 57.5 Å². The maximum Gasteiger partial charge on any atom is 0.416 e. The highest BCUT2D eigenvalue weighted by Crippen LogP contribution is 2.38. The second kappa shape index (κ2) is 9.36. The second-order valence-corrected chi connectivity index (χ2v) is 9.86. The van der Waals surface area contributed by atoms with Crippen LogP contribution in [0.1, 0.15) is 48.9 Å². The fraction of sp³-hybridized carbons (Fsp3) is 0.444. The normalized spacial score (nSPS) is 20.6. The van der Waals surface area contributed by atoms with E-state index in [1.54, 1.807) is 12.1 Å². The summed E-state index contributed by atoms with van der Waals surface area (Å²) < 4.78 is 80.0. The lowest BCUT2D eigenvalue weighted by atomic mass is 9.77. The first-order valence-electron chi connectivity index (χ1n) is 11.7. The summed E-state index contributed by atoms with van der Waals surface area (Å²) >= 11 is 0. The van der Waals surface area contributed by atoms with Gasteiger partial charge in [0.1, 0.15) is 0 Å². The Morgan fingerprint density at radius 3 is 1.77 bits per heavy atom. The predicted octanol–water partition coefficient (Wildman–Crippen LogP) is 6.94. The Bertz CT molecular complexity index is 1090. The largest absolute Gasteiger partial charge is 0.416 e. The maximum atomic E-state index is 13.0. The van der Waals surface area contributed by atoms with Gasteiger partial charge in [0, 0.05) is 44.3 Å². The first kappa shape index (κ1) is 25.3. The molecule has 0 aliphatic carbocycles. The zero-order chi connectivity index (χ0) is 25.4. The fourth-order valence-corrected chi connectivity index (χ4v) is 5.01. The third-order valence-electron chi connectivity index (χ3n) is 7.20. The van der Waals surface area contributed by atoms with Crippen LogP contribution in [-0.2, 0) is 25.3 Å². The Hall–Kier alpha value is -2.77. The van der Waals surface area contributed by atoms with E-state index in [1.807, 2.05) is 6.21 Å². The van der Waals surface area contributed by atoms with E-state index in [9.17, 15) is 26.3 Å². The minimum absolute atomic E-state index is 0.00298. The van der Waals surface area contributed by atoms with Crippen LogP contribution >= 0.6 is 0 Å². The van der Waals surface area contributed by atoms with E-state index < -0.39 is 29.0 Å². The molecule has 1 atom stereocenters. The molecule has 2 heterocycles. The third-order valence-corrected chi connectivity index (χ3v) is 7.20. The molecule has 2 aromatic rings. The smallest absolute Gasteiger partial charge is 0.374 e. The zero-order valence-electron chi connectivity index (χ0n) is 19.8. The molecule has 0 aromatic heterocycles. The molecule has 1 fully saturated rings. The van der Waals surface area contributed by atoms with Crippen LogP contribution in [0, 0.1) is 5.92 Å². The molecular weight excluding hydrogens is 466 g/mol. The zero-order valence-corrected chi connectivity index (χ0v) is 19.8. The van der Waals surface area contributed by atoms with E-state index in [0.29, 0.717) is 13.0 Å². The number of allylic oxidation sites excluding steroid dienone is 1. The summed E-state index contributed by atoms with van der Waals surface area (Å²) in [7, 11) is 0. The standard InChI is InChI=1S/C27H29F6N2/c1-25(2)23(17-19-5-9-21(10-6-19)26(28,29)30)24(34-14-3-4-15-34)13-16-35(25)18-20-7-11-22(12-8-20)27(31,32)33/h5-13,16,23H,3-4,14-15,17-18H2,1-2H3/q+1. The average molecular weight is 496 g/mol. The number of rotatable bonds is 5. The fourth-order valence-electron chi connectivity index (χ4n) is 5.01. The average Bonchev–Trinajstić information content (AvgIpc) is 3.31. The molecule has 2 aliphatic heterocycles. The number of halogens is 6.